The van der Waals surface area contributed by atoms with E-state index in [0.717, 1.165) is 0 Å². The Balaban J connectivity index is 3.48. The molecule has 0 fully saturated rings. The molecule has 0 aliphatic rings. The molecule has 0 saturated heterocycles. The van der Waals surface area contributed by atoms with E-state index in [0.29, 0.717) is 0 Å². The Morgan fingerprint density at radius 2 is 1.18 bits per heavy atom. The summed E-state index contributed by atoms with van der Waals surface area (Å²) in [5.41, 5.74) is 0. The van der Waals surface area contributed by atoms with Crippen LogP contribution in [0.1, 0.15) is 6.42 Å². The second-order valence-electron chi connectivity index (χ2n) is 2.55. The second kappa shape index (κ2) is 10.4. The molecular formula is C9H12O8. The number of rotatable bonds is 10. The Labute approximate surface area is 96.8 Å². The van der Waals surface area contributed by atoms with E-state index < -0.39 is 18.4 Å². The number of hydrogen-bond acceptors (Lipinski definition) is 8. The van der Waals surface area contributed by atoms with Crippen LogP contribution in [0.2, 0.25) is 0 Å². The van der Waals surface area contributed by atoms with Crippen LogP contribution >= 0.6 is 0 Å². The highest BCUT2D eigenvalue weighted by Crippen LogP contribution is 1.91. The molecule has 17 heavy (non-hydrogen) atoms. The van der Waals surface area contributed by atoms with E-state index in [4.69, 9.17) is 0 Å². The first-order valence-corrected chi connectivity index (χ1v) is 4.62. The van der Waals surface area contributed by atoms with E-state index in [1.807, 2.05) is 0 Å². The minimum absolute atomic E-state index is 0.0720. The van der Waals surface area contributed by atoms with Gasteiger partial charge in [-0.15, -0.1) is 0 Å². The van der Waals surface area contributed by atoms with Gasteiger partial charge < -0.3 is 18.9 Å². The molecule has 0 amide bonds. The molecular weight excluding hydrogens is 236 g/mol. The predicted octanol–water partition coefficient (Wildman–Crippen LogP) is -1.19. The van der Waals surface area contributed by atoms with E-state index in [2.05, 4.69) is 18.9 Å². The van der Waals surface area contributed by atoms with Gasteiger partial charge >= 0.3 is 11.9 Å². The molecule has 8 heteroatoms. The number of ether oxygens (including phenoxy) is 4. The van der Waals surface area contributed by atoms with Crippen molar-refractivity contribution in [2.75, 3.05) is 26.4 Å². The molecule has 0 N–H and O–H groups in total. The van der Waals surface area contributed by atoms with Gasteiger partial charge in [0.25, 0.3) is 12.9 Å². The van der Waals surface area contributed by atoms with Crippen molar-refractivity contribution in [1.82, 2.24) is 0 Å². The number of carbonyl (C=O) groups is 4. The summed E-state index contributed by atoms with van der Waals surface area (Å²) >= 11 is 0. The number of esters is 2. The van der Waals surface area contributed by atoms with Crippen molar-refractivity contribution < 1.29 is 38.1 Å². The SMILES string of the molecule is O=COCCOC(=O)CC(=O)OCCOC=O. The summed E-state index contributed by atoms with van der Waals surface area (Å²) in [4.78, 5) is 41.4. The van der Waals surface area contributed by atoms with Crippen molar-refractivity contribution in [3.63, 3.8) is 0 Å². The van der Waals surface area contributed by atoms with Gasteiger partial charge in [-0.1, -0.05) is 0 Å². The van der Waals surface area contributed by atoms with E-state index in [-0.39, 0.29) is 39.4 Å². The number of hydrogen-bond donors (Lipinski definition) is 0. The predicted molar refractivity (Wildman–Crippen MR) is 50.6 cm³/mol. The first-order valence-electron chi connectivity index (χ1n) is 4.62. The van der Waals surface area contributed by atoms with Crippen LogP contribution in [0.4, 0.5) is 0 Å². The van der Waals surface area contributed by atoms with Gasteiger partial charge in [0, 0.05) is 0 Å². The molecule has 0 unspecified atom stereocenters. The molecule has 0 aromatic rings. The molecule has 0 heterocycles. The minimum atomic E-state index is -0.791. The molecule has 0 spiro atoms. The van der Waals surface area contributed by atoms with Gasteiger partial charge in [0.2, 0.25) is 0 Å². The first kappa shape index (κ1) is 14.9. The molecule has 0 bridgehead atoms. The molecule has 0 saturated carbocycles. The van der Waals surface area contributed by atoms with Crippen molar-refractivity contribution in [3.05, 3.63) is 0 Å². The van der Waals surface area contributed by atoms with Gasteiger partial charge in [0.1, 0.15) is 32.8 Å². The zero-order valence-corrected chi connectivity index (χ0v) is 8.96. The van der Waals surface area contributed by atoms with Crippen LogP contribution in [0.3, 0.4) is 0 Å². The Kier molecular flexibility index (Phi) is 9.10. The third-order valence-electron chi connectivity index (χ3n) is 1.35. The molecule has 0 aliphatic carbocycles. The second-order valence-corrected chi connectivity index (χ2v) is 2.55. The Hall–Kier alpha value is -2.12. The van der Waals surface area contributed by atoms with Crippen LogP contribution in [0, 0.1) is 0 Å². The van der Waals surface area contributed by atoms with Gasteiger partial charge in [-0.2, -0.15) is 0 Å². The molecule has 0 aliphatic heterocycles. The van der Waals surface area contributed by atoms with Crippen molar-refractivity contribution in [2.45, 2.75) is 6.42 Å². The summed E-state index contributed by atoms with van der Waals surface area (Å²) in [5, 5.41) is 0. The van der Waals surface area contributed by atoms with Crippen molar-refractivity contribution >= 4 is 24.9 Å². The van der Waals surface area contributed by atoms with Crippen molar-refractivity contribution in [1.29, 1.82) is 0 Å². The van der Waals surface area contributed by atoms with E-state index in [1.54, 1.807) is 0 Å². The zero-order chi connectivity index (χ0) is 12.9. The monoisotopic (exact) mass is 248 g/mol. The summed E-state index contributed by atoms with van der Waals surface area (Å²) in [6.45, 7) is 0.0391. The van der Waals surface area contributed by atoms with Gasteiger partial charge in [-0.05, 0) is 0 Å². The lowest BCUT2D eigenvalue weighted by Gasteiger charge is -2.04. The van der Waals surface area contributed by atoms with Gasteiger partial charge in [-0.3, -0.25) is 19.2 Å². The smallest absolute Gasteiger partial charge is 0.317 e. The van der Waals surface area contributed by atoms with E-state index in [9.17, 15) is 19.2 Å². The maximum Gasteiger partial charge on any atom is 0.317 e. The summed E-state index contributed by atoms with van der Waals surface area (Å²) in [7, 11) is 0. The average molecular weight is 248 g/mol. The lowest BCUT2D eigenvalue weighted by atomic mass is 10.4. The number of carbonyl (C=O) groups excluding carboxylic acids is 4. The quantitative estimate of drug-likeness (QED) is 0.156. The molecule has 96 valence electrons. The topological polar surface area (TPSA) is 105 Å². The molecule has 0 rings (SSSR count). The fourth-order valence-corrected chi connectivity index (χ4v) is 0.723. The minimum Gasteiger partial charge on any atom is -0.464 e. The fraction of sp³-hybridized carbons (Fsp3) is 0.556. The molecule has 0 radical (unpaired) electrons. The maximum atomic E-state index is 11.0. The largest absolute Gasteiger partial charge is 0.464 e. The zero-order valence-electron chi connectivity index (χ0n) is 8.96. The molecule has 0 aromatic heterocycles. The highest BCUT2D eigenvalue weighted by molar-refractivity contribution is 5.91. The van der Waals surface area contributed by atoms with Crippen molar-refractivity contribution in [3.8, 4) is 0 Å². The lowest BCUT2D eigenvalue weighted by Crippen LogP contribution is -2.17. The Bertz CT molecular complexity index is 236. The van der Waals surface area contributed by atoms with Crippen LogP contribution in [0.25, 0.3) is 0 Å². The first-order chi connectivity index (χ1) is 8.20. The Morgan fingerprint density at radius 3 is 1.53 bits per heavy atom. The summed E-state index contributed by atoms with van der Waals surface area (Å²) in [6.07, 6.45) is -0.553. The van der Waals surface area contributed by atoms with Crippen LogP contribution in [0.15, 0.2) is 0 Å². The molecule has 0 atom stereocenters. The van der Waals surface area contributed by atoms with E-state index >= 15 is 0 Å². The third kappa shape index (κ3) is 10.2. The van der Waals surface area contributed by atoms with Gasteiger partial charge in [0.15, 0.2) is 0 Å². The van der Waals surface area contributed by atoms with Crippen LogP contribution < -0.4 is 0 Å². The highest BCUT2D eigenvalue weighted by atomic mass is 16.6. The van der Waals surface area contributed by atoms with E-state index in [1.165, 1.54) is 0 Å². The van der Waals surface area contributed by atoms with Crippen LogP contribution in [0.5, 0.6) is 0 Å². The third-order valence-corrected chi connectivity index (χ3v) is 1.35. The fourth-order valence-electron chi connectivity index (χ4n) is 0.723. The van der Waals surface area contributed by atoms with Gasteiger partial charge in [-0.25, -0.2) is 0 Å². The normalized spacial score (nSPS) is 8.94. The van der Waals surface area contributed by atoms with Crippen LogP contribution in [-0.2, 0) is 38.1 Å². The van der Waals surface area contributed by atoms with Gasteiger partial charge in [0.05, 0.1) is 0 Å². The Morgan fingerprint density at radius 1 is 0.765 bits per heavy atom. The molecule has 0 aromatic carbocycles. The van der Waals surface area contributed by atoms with Crippen LogP contribution in [-0.4, -0.2) is 51.3 Å². The highest BCUT2D eigenvalue weighted by Gasteiger charge is 2.11. The standard InChI is InChI=1S/C9H12O8/c10-6-14-1-3-16-8(12)5-9(13)17-4-2-15-7-11/h6-7H,1-5H2. The summed E-state index contributed by atoms with van der Waals surface area (Å²) in [6, 6.07) is 0. The molecule has 8 nitrogen and oxygen atoms in total. The maximum absolute atomic E-state index is 11.0. The van der Waals surface area contributed by atoms with Crippen molar-refractivity contribution in [2.24, 2.45) is 0 Å². The average Bonchev–Trinajstić information content (AvgIpc) is 2.30. The summed E-state index contributed by atoms with van der Waals surface area (Å²) < 4.78 is 17.6. The lowest BCUT2D eigenvalue weighted by molar-refractivity contribution is -0.157. The summed E-state index contributed by atoms with van der Waals surface area (Å²) in [5.74, 6) is -1.58.